The van der Waals surface area contributed by atoms with Gasteiger partial charge in [0.05, 0.1) is 18.0 Å². The van der Waals surface area contributed by atoms with Crippen molar-refractivity contribution >= 4 is 39.1 Å². The Morgan fingerprint density at radius 2 is 1.83 bits per heavy atom. The van der Waals surface area contributed by atoms with Gasteiger partial charge >= 0.3 is 0 Å². The lowest BCUT2D eigenvalue weighted by atomic mass is 10.2. The second-order valence-electron chi connectivity index (χ2n) is 6.12. The van der Waals surface area contributed by atoms with Crippen LogP contribution in [0.3, 0.4) is 0 Å². The Morgan fingerprint density at radius 1 is 1.10 bits per heavy atom. The van der Waals surface area contributed by atoms with Crippen LogP contribution in [0.25, 0.3) is 0 Å². The van der Waals surface area contributed by atoms with Crippen LogP contribution in [0, 0.1) is 6.92 Å². The average Bonchev–Trinajstić information content (AvgIpc) is 3.06. The molecule has 1 aromatic heterocycles. The summed E-state index contributed by atoms with van der Waals surface area (Å²) in [6.07, 6.45) is 0. The molecular formula is C20H20BrN5O3. The first-order valence-corrected chi connectivity index (χ1v) is 9.76. The summed E-state index contributed by atoms with van der Waals surface area (Å²) in [5.74, 6) is -0.120. The van der Waals surface area contributed by atoms with Crippen molar-refractivity contribution in [3.8, 4) is 5.75 Å². The average molecular weight is 458 g/mol. The van der Waals surface area contributed by atoms with Crippen LogP contribution in [0.2, 0.25) is 0 Å². The fraction of sp³-hybridized carbons (Fsp3) is 0.200. The quantitative estimate of drug-likeness (QED) is 0.564. The number of carbonyl (C=O) groups is 2. The van der Waals surface area contributed by atoms with Crippen molar-refractivity contribution < 1.29 is 14.3 Å². The molecule has 0 spiro atoms. The molecule has 0 radical (unpaired) electrons. The van der Waals surface area contributed by atoms with Gasteiger partial charge in [-0.15, -0.1) is 5.10 Å². The first-order valence-electron chi connectivity index (χ1n) is 8.96. The smallest absolute Gasteiger partial charge is 0.278 e. The zero-order chi connectivity index (χ0) is 20.8. The molecule has 150 valence electrons. The van der Waals surface area contributed by atoms with Crippen LogP contribution in [-0.4, -0.2) is 33.4 Å². The molecule has 0 saturated carbocycles. The van der Waals surface area contributed by atoms with Crippen molar-refractivity contribution in [1.29, 1.82) is 0 Å². The maximum Gasteiger partial charge on any atom is 0.278 e. The maximum absolute atomic E-state index is 12.6. The van der Waals surface area contributed by atoms with E-state index in [-0.39, 0.29) is 18.1 Å². The van der Waals surface area contributed by atoms with Crippen LogP contribution < -0.4 is 15.4 Å². The SMILES string of the molecule is CCOc1ccccc1NC(=O)c1nnn(CC(=O)Nc2ccc(Br)cc2)c1C. The number of hydrogen-bond acceptors (Lipinski definition) is 5. The lowest BCUT2D eigenvalue weighted by molar-refractivity contribution is -0.117. The lowest BCUT2D eigenvalue weighted by Gasteiger charge is -2.10. The van der Waals surface area contributed by atoms with Gasteiger partial charge < -0.3 is 15.4 Å². The fourth-order valence-electron chi connectivity index (χ4n) is 2.62. The second-order valence-corrected chi connectivity index (χ2v) is 7.04. The molecule has 0 aliphatic rings. The zero-order valence-electron chi connectivity index (χ0n) is 16.0. The molecule has 0 aliphatic carbocycles. The first kappa shape index (κ1) is 20.5. The molecule has 0 bridgehead atoms. The van der Waals surface area contributed by atoms with E-state index < -0.39 is 5.91 Å². The van der Waals surface area contributed by atoms with Crippen molar-refractivity contribution in [2.75, 3.05) is 17.2 Å². The summed E-state index contributed by atoms with van der Waals surface area (Å²) in [5, 5.41) is 13.4. The third kappa shape index (κ3) is 5.20. The number of hydrogen-bond donors (Lipinski definition) is 2. The normalized spacial score (nSPS) is 10.4. The van der Waals surface area contributed by atoms with Gasteiger partial charge in [-0.05, 0) is 50.2 Å². The van der Waals surface area contributed by atoms with Gasteiger partial charge in [-0.25, -0.2) is 4.68 Å². The van der Waals surface area contributed by atoms with Crippen LogP contribution >= 0.6 is 15.9 Å². The number of nitrogens with one attached hydrogen (secondary N) is 2. The number of benzene rings is 2. The number of anilines is 2. The number of ether oxygens (including phenoxy) is 1. The molecule has 3 aromatic rings. The first-order chi connectivity index (χ1) is 14.0. The van der Waals surface area contributed by atoms with Crippen molar-refractivity contribution in [2.24, 2.45) is 0 Å². The topological polar surface area (TPSA) is 98.1 Å². The highest BCUT2D eigenvalue weighted by Crippen LogP contribution is 2.24. The van der Waals surface area contributed by atoms with E-state index in [4.69, 9.17) is 4.74 Å². The predicted octanol–water partition coefficient (Wildman–Crippen LogP) is 3.64. The van der Waals surface area contributed by atoms with Crippen molar-refractivity contribution in [1.82, 2.24) is 15.0 Å². The molecule has 2 amide bonds. The van der Waals surface area contributed by atoms with Gasteiger partial charge in [-0.2, -0.15) is 0 Å². The summed E-state index contributed by atoms with van der Waals surface area (Å²) < 4.78 is 7.82. The second kappa shape index (κ2) is 9.33. The zero-order valence-corrected chi connectivity index (χ0v) is 17.6. The number of para-hydroxylation sites is 2. The minimum absolute atomic E-state index is 0.0578. The predicted molar refractivity (Wildman–Crippen MR) is 113 cm³/mol. The van der Waals surface area contributed by atoms with Gasteiger partial charge in [-0.3, -0.25) is 9.59 Å². The standard InChI is InChI=1S/C20H20BrN5O3/c1-3-29-17-7-5-4-6-16(17)23-20(28)19-13(2)26(25-24-19)12-18(27)22-15-10-8-14(21)9-11-15/h4-11H,3,12H2,1-2H3,(H,22,27)(H,23,28). The molecule has 1 heterocycles. The van der Waals surface area contributed by atoms with Crippen LogP contribution in [0.1, 0.15) is 23.1 Å². The highest BCUT2D eigenvalue weighted by atomic mass is 79.9. The highest BCUT2D eigenvalue weighted by Gasteiger charge is 2.19. The van der Waals surface area contributed by atoms with Gasteiger partial charge in [-0.1, -0.05) is 33.3 Å². The molecule has 2 N–H and O–H groups in total. The molecule has 0 atom stereocenters. The maximum atomic E-state index is 12.6. The van der Waals surface area contributed by atoms with E-state index in [2.05, 4.69) is 36.9 Å². The number of rotatable bonds is 7. The highest BCUT2D eigenvalue weighted by molar-refractivity contribution is 9.10. The lowest BCUT2D eigenvalue weighted by Crippen LogP contribution is -2.21. The molecule has 2 aromatic carbocycles. The number of aromatic nitrogens is 3. The summed E-state index contributed by atoms with van der Waals surface area (Å²) in [6.45, 7) is 3.98. The Labute approximate surface area is 176 Å². The van der Waals surface area contributed by atoms with E-state index in [1.165, 1.54) is 4.68 Å². The Balaban J connectivity index is 1.68. The van der Waals surface area contributed by atoms with E-state index in [0.29, 0.717) is 29.4 Å². The third-order valence-corrected chi connectivity index (χ3v) is 4.58. The van der Waals surface area contributed by atoms with Gasteiger partial charge in [0.1, 0.15) is 12.3 Å². The van der Waals surface area contributed by atoms with E-state index in [9.17, 15) is 9.59 Å². The largest absolute Gasteiger partial charge is 0.492 e. The van der Waals surface area contributed by atoms with E-state index in [1.807, 2.05) is 25.1 Å². The molecular weight excluding hydrogens is 438 g/mol. The minimum Gasteiger partial charge on any atom is -0.492 e. The van der Waals surface area contributed by atoms with Gasteiger partial charge in [0.2, 0.25) is 5.91 Å². The Bertz CT molecular complexity index is 1020. The van der Waals surface area contributed by atoms with Crippen molar-refractivity contribution in [2.45, 2.75) is 20.4 Å². The van der Waals surface area contributed by atoms with E-state index in [1.54, 1.807) is 37.3 Å². The van der Waals surface area contributed by atoms with Crippen molar-refractivity contribution in [3.05, 3.63) is 64.4 Å². The number of nitrogens with zero attached hydrogens (tertiary/aromatic N) is 3. The van der Waals surface area contributed by atoms with Gasteiger partial charge in [0, 0.05) is 10.2 Å². The number of amides is 2. The summed E-state index contributed by atoms with van der Waals surface area (Å²) in [5.41, 5.74) is 1.85. The Morgan fingerprint density at radius 3 is 2.55 bits per heavy atom. The van der Waals surface area contributed by atoms with Gasteiger partial charge in [0.15, 0.2) is 5.69 Å². The molecule has 0 fully saturated rings. The molecule has 9 heteroatoms. The van der Waals surface area contributed by atoms with Crippen LogP contribution in [0.4, 0.5) is 11.4 Å². The fourth-order valence-corrected chi connectivity index (χ4v) is 2.89. The van der Waals surface area contributed by atoms with Crippen LogP contribution in [-0.2, 0) is 11.3 Å². The van der Waals surface area contributed by atoms with Crippen molar-refractivity contribution in [3.63, 3.8) is 0 Å². The minimum atomic E-state index is -0.422. The van der Waals surface area contributed by atoms with Crippen LogP contribution in [0.5, 0.6) is 5.75 Å². The van der Waals surface area contributed by atoms with Gasteiger partial charge in [0.25, 0.3) is 5.91 Å². The summed E-state index contributed by atoms with van der Waals surface area (Å²) >= 11 is 3.35. The molecule has 29 heavy (non-hydrogen) atoms. The third-order valence-electron chi connectivity index (χ3n) is 4.05. The van der Waals surface area contributed by atoms with Crippen LogP contribution in [0.15, 0.2) is 53.0 Å². The Hall–Kier alpha value is -3.20. The number of carbonyl (C=O) groups excluding carboxylic acids is 2. The summed E-state index contributed by atoms with van der Waals surface area (Å²) in [4.78, 5) is 24.9. The Kier molecular flexibility index (Phi) is 6.61. The molecule has 3 rings (SSSR count). The molecule has 0 unspecified atom stereocenters. The van der Waals surface area contributed by atoms with E-state index in [0.717, 1.165) is 4.47 Å². The summed E-state index contributed by atoms with van der Waals surface area (Å²) in [7, 11) is 0. The molecule has 8 nitrogen and oxygen atoms in total. The number of halogens is 1. The summed E-state index contributed by atoms with van der Waals surface area (Å²) in [6, 6.07) is 14.4. The molecule has 0 aliphatic heterocycles. The van der Waals surface area contributed by atoms with E-state index >= 15 is 0 Å². The molecule has 0 saturated heterocycles. The monoisotopic (exact) mass is 457 g/mol.